The average Bonchev–Trinajstić information content (AvgIpc) is 2.89. The van der Waals surface area contributed by atoms with Crippen LogP contribution in [0.25, 0.3) is 11.1 Å². The van der Waals surface area contributed by atoms with Crippen molar-refractivity contribution >= 4 is 33.0 Å². The molecule has 0 atom stereocenters. The Hall–Kier alpha value is -2.08. The monoisotopic (exact) mass is 364 g/mol. The van der Waals surface area contributed by atoms with Crippen LogP contribution >= 0.6 is 15.9 Å². The van der Waals surface area contributed by atoms with E-state index in [1.807, 2.05) is 18.2 Å². The fourth-order valence-electron chi connectivity index (χ4n) is 2.15. The van der Waals surface area contributed by atoms with Crippen molar-refractivity contribution in [1.29, 1.82) is 0 Å². The molecule has 3 rings (SSSR count). The fraction of sp³-hybridized carbons (Fsp3) is 0.188. The van der Waals surface area contributed by atoms with E-state index in [0.717, 1.165) is 22.2 Å². The maximum atomic E-state index is 13.1. The van der Waals surface area contributed by atoms with Crippen LogP contribution in [-0.4, -0.2) is 18.6 Å². The number of rotatable bonds is 5. The van der Waals surface area contributed by atoms with Gasteiger partial charge < -0.3 is 14.5 Å². The number of hydrogen-bond donors (Lipinski definition) is 1. The summed E-state index contributed by atoms with van der Waals surface area (Å²) in [6.07, 6.45) is 0.801. The molecule has 0 bridgehead atoms. The highest BCUT2D eigenvalue weighted by atomic mass is 79.9. The molecule has 0 unspecified atom stereocenters. The first-order valence-corrected chi connectivity index (χ1v) is 7.57. The lowest BCUT2D eigenvalue weighted by Crippen LogP contribution is -2.05. The number of nitrogens with one attached hydrogen (secondary N) is 1. The first-order chi connectivity index (χ1) is 10.7. The summed E-state index contributed by atoms with van der Waals surface area (Å²) in [7, 11) is 1.64. The van der Waals surface area contributed by atoms with Crippen LogP contribution in [0.4, 0.5) is 10.4 Å². The van der Waals surface area contributed by atoms with Crippen molar-refractivity contribution in [3.8, 4) is 5.75 Å². The Kier molecular flexibility index (Phi) is 4.29. The SMILES string of the molecule is COc1ccc(CCNc2nc3ccc(F)cc3o2)cc1Br. The number of anilines is 1. The van der Waals surface area contributed by atoms with E-state index in [1.165, 1.54) is 12.1 Å². The third-order valence-corrected chi connectivity index (χ3v) is 3.88. The van der Waals surface area contributed by atoms with Gasteiger partial charge in [-0.2, -0.15) is 4.98 Å². The Morgan fingerprint density at radius 2 is 2.14 bits per heavy atom. The van der Waals surface area contributed by atoms with E-state index in [4.69, 9.17) is 9.15 Å². The standard InChI is InChI=1S/C16H14BrFN2O2/c1-21-14-5-2-10(8-12(14)17)6-7-19-16-20-13-4-3-11(18)9-15(13)22-16/h2-5,8-9H,6-7H2,1H3,(H,19,20). The summed E-state index contributed by atoms with van der Waals surface area (Å²) in [5, 5.41) is 3.10. The van der Waals surface area contributed by atoms with Gasteiger partial charge in [0, 0.05) is 12.6 Å². The predicted molar refractivity (Wildman–Crippen MR) is 86.9 cm³/mol. The quantitative estimate of drug-likeness (QED) is 0.729. The number of halogens is 2. The van der Waals surface area contributed by atoms with Crippen LogP contribution in [0, 0.1) is 5.82 Å². The molecule has 1 heterocycles. The molecule has 22 heavy (non-hydrogen) atoms. The number of benzene rings is 2. The normalized spacial score (nSPS) is 10.9. The second-order valence-electron chi connectivity index (χ2n) is 4.78. The predicted octanol–water partition coefficient (Wildman–Crippen LogP) is 4.39. The molecule has 3 aromatic rings. The van der Waals surface area contributed by atoms with E-state index in [9.17, 15) is 4.39 Å². The molecule has 4 nitrogen and oxygen atoms in total. The van der Waals surface area contributed by atoms with E-state index in [0.29, 0.717) is 23.7 Å². The summed E-state index contributed by atoms with van der Waals surface area (Å²) in [4.78, 5) is 4.26. The molecule has 6 heteroatoms. The number of nitrogens with zero attached hydrogens (tertiary/aromatic N) is 1. The van der Waals surface area contributed by atoms with E-state index in [-0.39, 0.29) is 5.82 Å². The van der Waals surface area contributed by atoms with Crippen molar-refractivity contribution in [2.24, 2.45) is 0 Å². The molecule has 1 aromatic heterocycles. The summed E-state index contributed by atoms with van der Waals surface area (Å²) >= 11 is 3.46. The minimum absolute atomic E-state index is 0.335. The van der Waals surface area contributed by atoms with Crippen molar-refractivity contribution in [1.82, 2.24) is 4.98 Å². The van der Waals surface area contributed by atoms with Gasteiger partial charge in [0.25, 0.3) is 6.01 Å². The molecule has 0 saturated heterocycles. The van der Waals surface area contributed by atoms with E-state index in [1.54, 1.807) is 13.2 Å². The van der Waals surface area contributed by atoms with Crippen molar-refractivity contribution in [2.45, 2.75) is 6.42 Å². The lowest BCUT2D eigenvalue weighted by atomic mass is 10.1. The Morgan fingerprint density at radius 3 is 2.91 bits per heavy atom. The first-order valence-electron chi connectivity index (χ1n) is 6.78. The molecule has 2 aromatic carbocycles. The zero-order valence-corrected chi connectivity index (χ0v) is 13.5. The van der Waals surface area contributed by atoms with Crippen LogP contribution in [-0.2, 0) is 6.42 Å². The van der Waals surface area contributed by atoms with E-state index in [2.05, 4.69) is 26.2 Å². The molecule has 0 aliphatic carbocycles. The molecule has 0 aliphatic heterocycles. The highest BCUT2D eigenvalue weighted by Gasteiger charge is 2.06. The average molecular weight is 365 g/mol. The Bertz CT molecular complexity index is 804. The molecule has 0 spiro atoms. The van der Waals surface area contributed by atoms with Gasteiger partial charge in [-0.3, -0.25) is 0 Å². The zero-order valence-electron chi connectivity index (χ0n) is 11.9. The minimum atomic E-state index is -0.335. The number of oxazole rings is 1. The molecule has 0 radical (unpaired) electrons. The Labute approximate surface area is 135 Å². The Morgan fingerprint density at radius 1 is 1.27 bits per heavy atom. The van der Waals surface area contributed by atoms with Gasteiger partial charge in [0.15, 0.2) is 5.58 Å². The number of fused-ring (bicyclic) bond motifs is 1. The Balaban J connectivity index is 1.63. The number of ether oxygens (including phenoxy) is 1. The third-order valence-electron chi connectivity index (χ3n) is 3.26. The van der Waals surface area contributed by atoms with Gasteiger partial charge in [-0.25, -0.2) is 4.39 Å². The lowest BCUT2D eigenvalue weighted by Gasteiger charge is -2.06. The minimum Gasteiger partial charge on any atom is -0.496 e. The number of aromatic nitrogens is 1. The van der Waals surface area contributed by atoms with E-state index < -0.39 is 0 Å². The van der Waals surface area contributed by atoms with Crippen molar-refractivity contribution in [3.05, 3.63) is 52.3 Å². The van der Waals surface area contributed by atoms with Crippen molar-refractivity contribution in [3.63, 3.8) is 0 Å². The summed E-state index contributed by atoms with van der Waals surface area (Å²) in [5.74, 6) is 0.468. The summed E-state index contributed by atoms with van der Waals surface area (Å²) < 4.78 is 24.7. The lowest BCUT2D eigenvalue weighted by molar-refractivity contribution is 0.412. The molecule has 0 fully saturated rings. The summed E-state index contributed by atoms with van der Waals surface area (Å²) in [5.41, 5.74) is 2.23. The molecule has 0 saturated carbocycles. The molecule has 0 amide bonds. The van der Waals surface area contributed by atoms with Crippen LogP contribution in [0.3, 0.4) is 0 Å². The van der Waals surface area contributed by atoms with Gasteiger partial charge in [0.05, 0.1) is 11.6 Å². The second-order valence-corrected chi connectivity index (χ2v) is 5.63. The van der Waals surface area contributed by atoms with Crippen molar-refractivity contribution in [2.75, 3.05) is 19.0 Å². The maximum Gasteiger partial charge on any atom is 0.295 e. The number of hydrogen-bond acceptors (Lipinski definition) is 4. The van der Waals surface area contributed by atoms with Gasteiger partial charge in [-0.15, -0.1) is 0 Å². The highest BCUT2D eigenvalue weighted by molar-refractivity contribution is 9.10. The molecular weight excluding hydrogens is 351 g/mol. The first kappa shape index (κ1) is 14.8. The zero-order chi connectivity index (χ0) is 15.5. The van der Waals surface area contributed by atoms with Gasteiger partial charge in [-0.1, -0.05) is 6.07 Å². The smallest absolute Gasteiger partial charge is 0.295 e. The largest absolute Gasteiger partial charge is 0.496 e. The van der Waals surface area contributed by atoms with Crippen LogP contribution in [0.1, 0.15) is 5.56 Å². The second kappa shape index (κ2) is 6.36. The molecular formula is C16H14BrFN2O2. The van der Waals surface area contributed by atoms with Crippen LogP contribution in [0.15, 0.2) is 45.3 Å². The molecule has 1 N–H and O–H groups in total. The van der Waals surface area contributed by atoms with Gasteiger partial charge in [0.2, 0.25) is 0 Å². The fourth-order valence-corrected chi connectivity index (χ4v) is 2.74. The van der Waals surface area contributed by atoms with Crippen LogP contribution < -0.4 is 10.1 Å². The maximum absolute atomic E-state index is 13.1. The third kappa shape index (κ3) is 3.22. The summed E-state index contributed by atoms with van der Waals surface area (Å²) in [6, 6.07) is 10.6. The van der Waals surface area contributed by atoms with Gasteiger partial charge >= 0.3 is 0 Å². The number of methoxy groups -OCH3 is 1. The molecule has 114 valence electrons. The van der Waals surface area contributed by atoms with Gasteiger partial charge in [-0.05, 0) is 52.2 Å². The molecule has 0 aliphatic rings. The van der Waals surface area contributed by atoms with Crippen LogP contribution in [0.2, 0.25) is 0 Å². The van der Waals surface area contributed by atoms with Crippen LogP contribution in [0.5, 0.6) is 5.75 Å². The highest BCUT2D eigenvalue weighted by Crippen LogP contribution is 2.26. The topological polar surface area (TPSA) is 47.3 Å². The van der Waals surface area contributed by atoms with Crippen molar-refractivity contribution < 1.29 is 13.5 Å². The summed E-state index contributed by atoms with van der Waals surface area (Å²) in [6.45, 7) is 0.661. The van der Waals surface area contributed by atoms with E-state index >= 15 is 0 Å². The van der Waals surface area contributed by atoms with Gasteiger partial charge in [0.1, 0.15) is 17.1 Å².